The van der Waals surface area contributed by atoms with Crippen molar-refractivity contribution in [3.05, 3.63) is 41.0 Å². The van der Waals surface area contributed by atoms with Crippen LogP contribution in [0.15, 0.2) is 24.3 Å². The lowest BCUT2D eigenvalue weighted by molar-refractivity contribution is -0.277. The van der Waals surface area contributed by atoms with Crippen molar-refractivity contribution in [1.29, 1.82) is 0 Å². The number of fused-ring (bicyclic) bond motifs is 1. The minimum Gasteiger partial charge on any atom is -0.507 e. The largest absolute Gasteiger partial charge is 0.507 e. The molecule has 2 aromatic carbocycles. The number of aromatic hydroxyl groups is 3. The number of Topliss-reactive ketones (excluding diaryl/α,β-unsaturated/α-hetero) is 1. The summed E-state index contributed by atoms with van der Waals surface area (Å²) in [5, 5.41) is 91.7. The molecule has 2 aliphatic heterocycles. The Bertz CT molecular complexity index is 1220. The van der Waals surface area contributed by atoms with E-state index in [-0.39, 0.29) is 41.0 Å². The summed E-state index contributed by atoms with van der Waals surface area (Å²) in [5.74, 6) is -2.87. The highest BCUT2D eigenvalue weighted by Crippen LogP contribution is 2.47. The number of hydrogen-bond donors (Lipinski definition) is 9. The van der Waals surface area contributed by atoms with Gasteiger partial charge in [0.05, 0.1) is 12.2 Å². The number of aliphatic hydroxyl groups excluding tert-OH is 5. The summed E-state index contributed by atoms with van der Waals surface area (Å²) in [4.78, 5) is 13.2. The minimum absolute atomic E-state index is 0.00212. The van der Waals surface area contributed by atoms with Gasteiger partial charge in [-0.05, 0) is 44.4 Å². The molecule has 0 aliphatic carbocycles. The molecule has 2 aromatic rings. The monoisotopic (exact) mass is 552 g/mol. The Kier molecular flexibility index (Phi) is 7.96. The molecule has 9 N–H and O–H groups in total. The highest BCUT2D eigenvalue weighted by atomic mass is 16.7. The van der Waals surface area contributed by atoms with Crippen LogP contribution in [0.5, 0.6) is 28.7 Å². The maximum absolute atomic E-state index is 13.2. The summed E-state index contributed by atoms with van der Waals surface area (Å²) >= 11 is 0. The number of ketones is 1. The van der Waals surface area contributed by atoms with Crippen LogP contribution >= 0.6 is 0 Å². The molecule has 7 atom stereocenters. The van der Waals surface area contributed by atoms with Crippen LogP contribution in [0.1, 0.15) is 47.9 Å². The van der Waals surface area contributed by atoms with Crippen molar-refractivity contribution < 1.29 is 65.0 Å². The Morgan fingerprint density at radius 3 is 2.28 bits per heavy atom. The van der Waals surface area contributed by atoms with E-state index in [4.69, 9.17) is 14.2 Å². The average Bonchev–Trinajstić information content (AvgIpc) is 2.87. The second-order valence-electron chi connectivity index (χ2n) is 10.3. The first-order valence-corrected chi connectivity index (χ1v) is 12.2. The average molecular weight is 553 g/mol. The molecule has 1 fully saturated rings. The summed E-state index contributed by atoms with van der Waals surface area (Å²) in [6.07, 6.45) is -11.2. The molecular formula is C26H32O13. The summed E-state index contributed by atoms with van der Waals surface area (Å²) in [6, 6.07) is 4.77. The molecule has 2 heterocycles. The van der Waals surface area contributed by atoms with Gasteiger partial charge in [-0.1, -0.05) is 6.07 Å². The number of aliphatic hydroxyl groups is 6. The Hall–Kier alpha value is -3.17. The fraction of sp³-hybridized carbons (Fsp3) is 0.500. The zero-order chi connectivity index (χ0) is 28.8. The Morgan fingerprint density at radius 2 is 1.67 bits per heavy atom. The Balaban J connectivity index is 1.77. The molecule has 7 unspecified atom stereocenters. The van der Waals surface area contributed by atoms with Crippen LogP contribution in [0.25, 0.3) is 0 Å². The zero-order valence-corrected chi connectivity index (χ0v) is 21.1. The van der Waals surface area contributed by atoms with E-state index < -0.39 is 78.2 Å². The van der Waals surface area contributed by atoms with Gasteiger partial charge in [-0.25, -0.2) is 0 Å². The van der Waals surface area contributed by atoms with E-state index in [9.17, 15) is 50.8 Å². The molecule has 0 amide bonds. The maximum Gasteiger partial charge on any atom is 0.229 e. The van der Waals surface area contributed by atoms with Crippen LogP contribution in [-0.4, -0.2) is 101 Å². The Labute approximate surface area is 222 Å². The predicted molar refractivity (Wildman–Crippen MR) is 131 cm³/mol. The Morgan fingerprint density at radius 1 is 0.974 bits per heavy atom. The number of carbonyl (C=O) groups is 1. The number of carbonyl (C=O) groups excluding carboxylic acids is 1. The summed E-state index contributed by atoms with van der Waals surface area (Å²) < 4.78 is 17.0. The van der Waals surface area contributed by atoms with Crippen LogP contribution in [0.3, 0.4) is 0 Å². The van der Waals surface area contributed by atoms with Gasteiger partial charge in [-0.3, -0.25) is 4.79 Å². The van der Waals surface area contributed by atoms with Crippen molar-refractivity contribution in [3.63, 3.8) is 0 Å². The lowest BCUT2D eigenvalue weighted by Crippen LogP contribution is -2.60. The molecule has 13 heteroatoms. The SMILES string of the molecule is CC(C)(O)CCc1c(OC2OC(CO)C(O)C(O)C2O)cc2c(c1O)C(=O)C(O)C(c1ccc(O)c(O)c1)O2. The third-order valence-electron chi connectivity index (χ3n) is 6.79. The number of phenols is 3. The van der Waals surface area contributed by atoms with E-state index in [1.807, 2.05) is 0 Å². The molecule has 0 spiro atoms. The third-order valence-corrected chi connectivity index (χ3v) is 6.79. The number of rotatable bonds is 7. The second-order valence-corrected chi connectivity index (χ2v) is 10.3. The maximum atomic E-state index is 13.2. The lowest BCUT2D eigenvalue weighted by atomic mass is 9.89. The first-order chi connectivity index (χ1) is 18.2. The fourth-order valence-electron chi connectivity index (χ4n) is 4.52. The quantitative estimate of drug-likeness (QED) is 0.195. The standard InChI is InChI=1S/C26H32O13/c1-26(2,36)6-5-11-14(38-25-23(35)21(33)19(31)16(9-27)39-25)8-15-17(18(11)30)20(32)22(34)24(37-15)10-3-4-12(28)13(29)7-10/h3-4,7-8,16,19,21-25,27-31,33-36H,5-6,9H2,1-2H3. The predicted octanol–water partition coefficient (Wildman–Crippen LogP) is -0.637. The zero-order valence-electron chi connectivity index (χ0n) is 21.1. The van der Waals surface area contributed by atoms with E-state index in [0.29, 0.717) is 0 Å². The van der Waals surface area contributed by atoms with Crippen LogP contribution in [0.2, 0.25) is 0 Å². The topological polar surface area (TPSA) is 227 Å². The van der Waals surface area contributed by atoms with Crippen LogP contribution in [0, 0.1) is 0 Å². The molecule has 0 bridgehead atoms. The lowest BCUT2D eigenvalue weighted by Gasteiger charge is -2.40. The van der Waals surface area contributed by atoms with E-state index in [1.165, 1.54) is 26.0 Å². The molecule has 214 valence electrons. The highest BCUT2D eigenvalue weighted by Gasteiger charge is 2.46. The van der Waals surface area contributed by atoms with Crippen molar-refractivity contribution in [2.45, 2.75) is 75.2 Å². The fourth-order valence-corrected chi connectivity index (χ4v) is 4.52. The van der Waals surface area contributed by atoms with Gasteiger partial charge in [-0.15, -0.1) is 0 Å². The molecular weight excluding hydrogens is 520 g/mol. The van der Waals surface area contributed by atoms with Gasteiger partial charge >= 0.3 is 0 Å². The summed E-state index contributed by atoms with van der Waals surface area (Å²) in [7, 11) is 0. The van der Waals surface area contributed by atoms with Crippen LogP contribution in [-0.2, 0) is 11.2 Å². The number of hydrogen-bond acceptors (Lipinski definition) is 13. The first kappa shape index (κ1) is 28.8. The van der Waals surface area contributed by atoms with Crippen LogP contribution < -0.4 is 9.47 Å². The molecule has 1 saturated heterocycles. The van der Waals surface area contributed by atoms with Gasteiger partial charge in [0.1, 0.15) is 47.2 Å². The molecule has 0 radical (unpaired) electrons. The van der Waals surface area contributed by atoms with Gasteiger partial charge in [0.15, 0.2) is 23.7 Å². The number of benzene rings is 2. The molecule has 39 heavy (non-hydrogen) atoms. The van der Waals surface area contributed by atoms with E-state index in [0.717, 1.165) is 12.1 Å². The van der Waals surface area contributed by atoms with Gasteiger partial charge in [0.2, 0.25) is 12.1 Å². The van der Waals surface area contributed by atoms with Gasteiger partial charge in [-0.2, -0.15) is 0 Å². The minimum atomic E-state index is -1.80. The van der Waals surface area contributed by atoms with E-state index in [1.54, 1.807) is 0 Å². The smallest absolute Gasteiger partial charge is 0.229 e. The highest BCUT2D eigenvalue weighted by molar-refractivity contribution is 6.06. The first-order valence-electron chi connectivity index (χ1n) is 12.2. The van der Waals surface area contributed by atoms with Gasteiger partial charge in [0.25, 0.3) is 0 Å². The second kappa shape index (κ2) is 10.8. The normalized spacial score (nSPS) is 29.0. The van der Waals surface area contributed by atoms with Crippen molar-refractivity contribution in [1.82, 2.24) is 0 Å². The molecule has 0 aromatic heterocycles. The van der Waals surface area contributed by atoms with Crippen molar-refractivity contribution in [2.75, 3.05) is 6.61 Å². The van der Waals surface area contributed by atoms with Crippen molar-refractivity contribution >= 4 is 5.78 Å². The van der Waals surface area contributed by atoms with Gasteiger partial charge < -0.3 is 60.2 Å². The summed E-state index contributed by atoms with van der Waals surface area (Å²) in [5.41, 5.74) is -1.43. The number of ether oxygens (including phenoxy) is 3. The van der Waals surface area contributed by atoms with E-state index in [2.05, 4.69) is 0 Å². The van der Waals surface area contributed by atoms with Gasteiger partial charge in [0, 0.05) is 11.6 Å². The summed E-state index contributed by atoms with van der Waals surface area (Å²) in [6.45, 7) is 2.34. The molecule has 4 rings (SSSR count). The molecule has 2 aliphatic rings. The molecule has 0 saturated carbocycles. The van der Waals surface area contributed by atoms with Crippen LogP contribution in [0.4, 0.5) is 0 Å². The van der Waals surface area contributed by atoms with Crippen molar-refractivity contribution in [2.24, 2.45) is 0 Å². The van der Waals surface area contributed by atoms with Crippen molar-refractivity contribution in [3.8, 4) is 28.7 Å². The number of phenolic OH excluding ortho intramolecular Hbond substituents is 3. The molecule has 13 nitrogen and oxygen atoms in total. The van der Waals surface area contributed by atoms with E-state index >= 15 is 0 Å². The third kappa shape index (κ3) is 5.61.